The van der Waals surface area contributed by atoms with Gasteiger partial charge in [-0.05, 0) is 39.5 Å². The number of hydrogen-bond donors (Lipinski definition) is 1. The number of aliphatic carboxylic acids is 1. The van der Waals surface area contributed by atoms with Gasteiger partial charge in [-0.2, -0.15) is 0 Å². The molecule has 0 spiro atoms. The molecule has 2 aliphatic rings. The summed E-state index contributed by atoms with van der Waals surface area (Å²) < 4.78 is 5.32. The van der Waals surface area contributed by atoms with Gasteiger partial charge in [-0.15, -0.1) is 0 Å². The molecule has 0 unspecified atom stereocenters. The van der Waals surface area contributed by atoms with Gasteiger partial charge >= 0.3 is 12.1 Å². The molecule has 0 aromatic carbocycles. The van der Waals surface area contributed by atoms with Gasteiger partial charge in [-0.3, -0.25) is 9.59 Å². The van der Waals surface area contributed by atoms with Crippen LogP contribution in [-0.4, -0.2) is 46.5 Å². The average molecular weight is 297 g/mol. The Morgan fingerprint density at radius 3 is 2.14 bits per heavy atom. The standard InChI is InChI=1S/C15H23NO5/c1-14(2,3)21-13(20)16-6-4-10(5-7-16)15(12(18)19)8-11(17)9-15/h10H,4-9H2,1-3H3,(H,18,19). The van der Waals surface area contributed by atoms with E-state index in [-0.39, 0.29) is 30.6 Å². The lowest BCUT2D eigenvalue weighted by atomic mass is 9.58. The van der Waals surface area contributed by atoms with E-state index in [1.165, 1.54) is 0 Å². The molecule has 6 nitrogen and oxygen atoms in total. The number of amides is 1. The monoisotopic (exact) mass is 297 g/mol. The Hall–Kier alpha value is -1.59. The molecule has 2 fully saturated rings. The van der Waals surface area contributed by atoms with Gasteiger partial charge in [-0.25, -0.2) is 4.79 Å². The molecule has 1 saturated heterocycles. The summed E-state index contributed by atoms with van der Waals surface area (Å²) in [5.41, 5.74) is -1.42. The van der Waals surface area contributed by atoms with Crippen LogP contribution in [0.4, 0.5) is 4.79 Å². The first-order valence-electron chi connectivity index (χ1n) is 7.37. The Balaban J connectivity index is 1.93. The molecule has 1 heterocycles. The van der Waals surface area contributed by atoms with E-state index in [0.717, 1.165) is 0 Å². The summed E-state index contributed by atoms with van der Waals surface area (Å²) in [5, 5.41) is 9.42. The molecule has 21 heavy (non-hydrogen) atoms. The van der Waals surface area contributed by atoms with Gasteiger partial charge in [0.15, 0.2) is 0 Å². The Labute approximate surface area is 124 Å². The Kier molecular flexibility index (Phi) is 4.00. The Morgan fingerprint density at radius 1 is 1.24 bits per heavy atom. The van der Waals surface area contributed by atoms with Crippen LogP contribution in [0, 0.1) is 11.3 Å². The van der Waals surface area contributed by atoms with Crippen LogP contribution in [0.2, 0.25) is 0 Å². The predicted octanol–water partition coefficient (Wildman–Crippen LogP) is 2.07. The summed E-state index contributed by atoms with van der Waals surface area (Å²) in [6.07, 6.45) is 1.14. The van der Waals surface area contributed by atoms with E-state index in [1.54, 1.807) is 4.90 Å². The maximum atomic E-state index is 12.0. The zero-order chi connectivity index (χ0) is 15.8. The average Bonchev–Trinajstić information content (AvgIpc) is 2.32. The van der Waals surface area contributed by atoms with E-state index in [0.29, 0.717) is 25.9 Å². The highest BCUT2D eigenvalue weighted by molar-refractivity contribution is 5.97. The highest BCUT2D eigenvalue weighted by Crippen LogP contribution is 2.49. The van der Waals surface area contributed by atoms with Crippen LogP contribution in [-0.2, 0) is 14.3 Å². The first-order chi connectivity index (χ1) is 9.64. The van der Waals surface area contributed by atoms with Gasteiger partial charge in [-0.1, -0.05) is 0 Å². The lowest BCUT2D eigenvalue weighted by molar-refractivity contribution is -0.167. The van der Waals surface area contributed by atoms with Crippen LogP contribution in [0.15, 0.2) is 0 Å². The first kappa shape index (κ1) is 15.8. The van der Waals surface area contributed by atoms with Crippen molar-refractivity contribution >= 4 is 17.8 Å². The summed E-state index contributed by atoms with van der Waals surface area (Å²) in [7, 11) is 0. The van der Waals surface area contributed by atoms with E-state index >= 15 is 0 Å². The highest BCUT2D eigenvalue weighted by atomic mass is 16.6. The minimum atomic E-state index is -0.892. The SMILES string of the molecule is CC(C)(C)OC(=O)N1CCC(C2(C(=O)O)CC(=O)C2)CC1. The quantitative estimate of drug-likeness (QED) is 0.843. The third-order valence-electron chi connectivity index (χ3n) is 4.38. The van der Waals surface area contributed by atoms with Crippen molar-refractivity contribution in [3.63, 3.8) is 0 Å². The van der Waals surface area contributed by atoms with Crippen LogP contribution in [0.1, 0.15) is 46.5 Å². The van der Waals surface area contributed by atoms with Gasteiger partial charge in [0.05, 0.1) is 5.41 Å². The number of piperidine rings is 1. The fourth-order valence-electron chi connectivity index (χ4n) is 3.21. The number of rotatable bonds is 2. The summed E-state index contributed by atoms with van der Waals surface area (Å²) in [6, 6.07) is 0. The zero-order valence-corrected chi connectivity index (χ0v) is 12.8. The minimum absolute atomic E-state index is 0.0203. The van der Waals surface area contributed by atoms with Crippen molar-refractivity contribution in [2.45, 2.75) is 52.1 Å². The molecule has 0 radical (unpaired) electrons. The molecular weight excluding hydrogens is 274 g/mol. The van der Waals surface area contributed by atoms with Crippen LogP contribution in [0.25, 0.3) is 0 Å². The van der Waals surface area contributed by atoms with Crippen molar-refractivity contribution in [3.8, 4) is 0 Å². The number of likely N-dealkylation sites (tertiary alicyclic amines) is 1. The van der Waals surface area contributed by atoms with E-state index in [4.69, 9.17) is 4.74 Å². The van der Waals surface area contributed by atoms with Crippen molar-refractivity contribution in [2.75, 3.05) is 13.1 Å². The number of ketones is 1. The number of carboxylic acids is 1. The number of Topliss-reactive ketones (excluding diaryl/α,β-unsaturated/α-hetero) is 1. The first-order valence-corrected chi connectivity index (χ1v) is 7.37. The molecule has 1 amide bonds. The third-order valence-corrected chi connectivity index (χ3v) is 4.38. The molecule has 2 rings (SSSR count). The number of carboxylic acid groups (broad SMARTS) is 1. The van der Waals surface area contributed by atoms with Crippen LogP contribution in [0.3, 0.4) is 0 Å². The van der Waals surface area contributed by atoms with Crippen molar-refractivity contribution in [1.82, 2.24) is 4.90 Å². The minimum Gasteiger partial charge on any atom is -0.481 e. The molecular formula is C15H23NO5. The largest absolute Gasteiger partial charge is 0.481 e. The normalized spacial score (nSPS) is 22.6. The second kappa shape index (κ2) is 5.31. The molecule has 1 saturated carbocycles. The van der Waals surface area contributed by atoms with E-state index in [1.807, 2.05) is 20.8 Å². The number of carbonyl (C=O) groups excluding carboxylic acids is 2. The highest BCUT2D eigenvalue weighted by Gasteiger charge is 2.55. The maximum absolute atomic E-state index is 12.0. The van der Waals surface area contributed by atoms with Crippen LogP contribution >= 0.6 is 0 Å². The van der Waals surface area contributed by atoms with Crippen molar-refractivity contribution < 1.29 is 24.2 Å². The number of carbonyl (C=O) groups is 3. The summed E-state index contributed by atoms with van der Waals surface area (Å²) in [4.78, 5) is 36.3. The van der Waals surface area contributed by atoms with Crippen molar-refractivity contribution in [3.05, 3.63) is 0 Å². The van der Waals surface area contributed by atoms with Crippen molar-refractivity contribution in [1.29, 1.82) is 0 Å². The molecule has 1 aliphatic heterocycles. The van der Waals surface area contributed by atoms with Gasteiger partial charge in [0.25, 0.3) is 0 Å². The second-order valence-electron chi connectivity index (χ2n) is 7.10. The fraction of sp³-hybridized carbons (Fsp3) is 0.800. The maximum Gasteiger partial charge on any atom is 0.410 e. The second-order valence-corrected chi connectivity index (χ2v) is 7.10. The van der Waals surface area contributed by atoms with Gasteiger partial charge in [0.2, 0.25) is 0 Å². The summed E-state index contributed by atoms with van der Waals surface area (Å²) in [5.74, 6) is -0.892. The number of nitrogens with zero attached hydrogens (tertiary/aromatic N) is 1. The molecule has 6 heteroatoms. The molecule has 0 aromatic heterocycles. The van der Waals surface area contributed by atoms with Gasteiger partial charge < -0.3 is 14.7 Å². The molecule has 0 atom stereocenters. The number of hydrogen-bond acceptors (Lipinski definition) is 4. The van der Waals surface area contributed by atoms with Gasteiger partial charge in [0.1, 0.15) is 11.4 Å². The molecule has 0 bridgehead atoms. The predicted molar refractivity (Wildman–Crippen MR) is 74.8 cm³/mol. The Morgan fingerprint density at radius 2 is 1.76 bits per heavy atom. The summed E-state index contributed by atoms with van der Waals surface area (Å²) in [6.45, 7) is 6.43. The van der Waals surface area contributed by atoms with Crippen LogP contribution in [0.5, 0.6) is 0 Å². The molecule has 1 N–H and O–H groups in total. The van der Waals surface area contributed by atoms with E-state index in [2.05, 4.69) is 0 Å². The van der Waals surface area contributed by atoms with Crippen LogP contribution < -0.4 is 0 Å². The summed E-state index contributed by atoms with van der Waals surface area (Å²) >= 11 is 0. The topological polar surface area (TPSA) is 83.9 Å². The number of ether oxygens (including phenoxy) is 1. The Bertz CT molecular complexity index is 449. The molecule has 1 aliphatic carbocycles. The van der Waals surface area contributed by atoms with E-state index in [9.17, 15) is 19.5 Å². The van der Waals surface area contributed by atoms with E-state index < -0.39 is 17.0 Å². The zero-order valence-electron chi connectivity index (χ0n) is 12.8. The van der Waals surface area contributed by atoms with Crippen molar-refractivity contribution in [2.24, 2.45) is 11.3 Å². The lowest BCUT2D eigenvalue weighted by Crippen LogP contribution is -2.53. The molecule has 118 valence electrons. The lowest BCUT2D eigenvalue weighted by Gasteiger charge is -2.46. The third kappa shape index (κ3) is 3.19. The molecule has 0 aromatic rings. The fourth-order valence-corrected chi connectivity index (χ4v) is 3.21. The van der Waals surface area contributed by atoms with Gasteiger partial charge in [0, 0.05) is 25.9 Å². The smallest absolute Gasteiger partial charge is 0.410 e.